The Morgan fingerprint density at radius 2 is 0.611 bits per heavy atom. The van der Waals surface area contributed by atoms with Gasteiger partial charge in [-0.1, -0.05) is 0 Å². The van der Waals surface area contributed by atoms with Crippen molar-refractivity contribution in [1.29, 1.82) is 0 Å². The molecule has 4 aromatic carbocycles. The SMILES string of the molecule is Cc1cc(-c2cnc(N)c(OCc3cc(N)ncc3OC(C)C)n2)cc2c1CCN(C)C2.Cc1cc(-c2cnc(N)c(OCc3cc(N)ncc3OC3CC3)n2)cc2c1CCN(C)C2.Cc1cc(-c2cnc(N)c(OCc3cc(N)ncc3OC3CCCC3)n2)cc2c1CCN(C)C2.Cc1cc(-c2cnc(N)c(OCc3cc(N)ncc3OCC3CC3)n2)cc2c1CCN(C)C2. The molecule has 684 valence electrons. The number of benzene rings is 4. The van der Waals surface area contributed by atoms with Gasteiger partial charge in [0.15, 0.2) is 23.3 Å². The second-order valence-electron chi connectivity index (χ2n) is 35.7. The molecule has 19 rings (SSSR count). The highest BCUT2D eigenvalue weighted by Gasteiger charge is 2.29. The molecular weight excluding hydrogens is 1650 g/mol. The van der Waals surface area contributed by atoms with Gasteiger partial charge in [0.2, 0.25) is 0 Å². The van der Waals surface area contributed by atoms with E-state index in [4.69, 9.17) is 93.7 Å². The number of fused-ring (bicyclic) bond motifs is 4. The van der Waals surface area contributed by atoms with E-state index in [1.807, 2.05) is 13.8 Å². The van der Waals surface area contributed by atoms with E-state index in [9.17, 15) is 0 Å². The fourth-order valence-electron chi connectivity index (χ4n) is 17.1. The molecule has 12 heterocycles. The summed E-state index contributed by atoms with van der Waals surface area (Å²) in [5, 5.41) is 0. The van der Waals surface area contributed by atoms with E-state index in [2.05, 4.69) is 174 Å². The summed E-state index contributed by atoms with van der Waals surface area (Å²) in [6.07, 6.45) is 27.1. The minimum absolute atomic E-state index is 0.00124. The molecule has 0 amide bonds. The van der Waals surface area contributed by atoms with Gasteiger partial charge in [-0.15, -0.1) is 0 Å². The number of anilines is 8. The van der Waals surface area contributed by atoms with Gasteiger partial charge in [0.25, 0.3) is 23.5 Å². The Morgan fingerprint density at radius 3 is 0.908 bits per heavy atom. The van der Waals surface area contributed by atoms with Crippen molar-refractivity contribution < 1.29 is 37.9 Å². The predicted octanol–water partition coefficient (Wildman–Crippen LogP) is 13.8. The molecule has 0 saturated heterocycles. The zero-order valence-corrected chi connectivity index (χ0v) is 76.6. The summed E-state index contributed by atoms with van der Waals surface area (Å²) in [5.74, 6) is 7.07. The molecule has 0 bridgehead atoms. The monoisotopic (exact) mass is 1770 g/mol. The first kappa shape index (κ1) is 90.8. The zero-order valence-electron chi connectivity index (χ0n) is 76.6. The van der Waals surface area contributed by atoms with Gasteiger partial charge in [0.05, 0.1) is 97.3 Å². The molecule has 12 aromatic rings. The zero-order chi connectivity index (χ0) is 91.7. The van der Waals surface area contributed by atoms with Crippen LogP contribution in [0.4, 0.5) is 46.5 Å². The fourth-order valence-corrected chi connectivity index (χ4v) is 17.1. The average Bonchev–Trinajstić information content (AvgIpc) is 1.77. The van der Waals surface area contributed by atoms with Crippen molar-refractivity contribution in [2.24, 2.45) is 5.92 Å². The van der Waals surface area contributed by atoms with Crippen molar-refractivity contribution in [1.82, 2.24) is 79.4 Å². The van der Waals surface area contributed by atoms with Gasteiger partial charge in [-0.2, -0.15) is 0 Å². The van der Waals surface area contributed by atoms with Crippen molar-refractivity contribution in [2.45, 2.75) is 190 Å². The number of aromatic nitrogens is 12. The molecule has 7 aliphatic rings. The largest absolute Gasteiger partial charge is 0.491 e. The van der Waals surface area contributed by atoms with Gasteiger partial charge in [-0.3, -0.25) is 0 Å². The quantitative estimate of drug-likeness (QED) is 0.0263. The maximum Gasteiger partial charge on any atom is 0.258 e. The van der Waals surface area contributed by atoms with Crippen LogP contribution in [0.1, 0.15) is 154 Å². The molecule has 3 saturated carbocycles. The lowest BCUT2D eigenvalue weighted by Gasteiger charge is -2.27. The van der Waals surface area contributed by atoms with E-state index < -0.39 is 0 Å². The Hall–Kier alpha value is -13.6. The summed E-state index contributed by atoms with van der Waals surface area (Å²) in [4.78, 5) is 62.0. The Bertz CT molecular complexity index is 5950. The number of hydrogen-bond donors (Lipinski definition) is 8. The average molecular weight is 1770 g/mol. The van der Waals surface area contributed by atoms with Crippen molar-refractivity contribution in [3.8, 4) is 91.5 Å². The van der Waals surface area contributed by atoms with Gasteiger partial charge in [0, 0.05) is 96.9 Å². The van der Waals surface area contributed by atoms with Crippen LogP contribution in [-0.4, -0.2) is 159 Å². The minimum Gasteiger partial charge on any atom is -0.491 e. The highest BCUT2D eigenvalue weighted by atomic mass is 16.5. The molecule has 4 aliphatic heterocycles. The molecule has 16 N–H and O–H groups in total. The third-order valence-corrected chi connectivity index (χ3v) is 24.5. The minimum atomic E-state index is -0.00124. The summed E-state index contributed by atoms with van der Waals surface area (Å²) in [6, 6.07) is 24.5. The Kier molecular flexibility index (Phi) is 28.2. The molecule has 3 aliphatic carbocycles. The van der Waals surface area contributed by atoms with Crippen LogP contribution in [0.2, 0.25) is 0 Å². The van der Waals surface area contributed by atoms with Gasteiger partial charge in [-0.05, 0) is 292 Å². The molecule has 0 unspecified atom stereocenters. The lowest BCUT2D eigenvalue weighted by atomic mass is 9.92. The Morgan fingerprint density at radius 1 is 0.328 bits per heavy atom. The van der Waals surface area contributed by atoms with Crippen LogP contribution in [0.3, 0.4) is 0 Å². The van der Waals surface area contributed by atoms with E-state index in [1.54, 1.807) is 73.8 Å². The highest BCUT2D eigenvalue weighted by molar-refractivity contribution is 5.69. The van der Waals surface area contributed by atoms with E-state index >= 15 is 0 Å². The second kappa shape index (κ2) is 40.6. The Balaban J connectivity index is 0.000000128. The summed E-state index contributed by atoms with van der Waals surface area (Å²) in [7, 11) is 8.58. The number of nitrogen functional groups attached to an aromatic ring is 8. The molecule has 3 fully saturated rings. The van der Waals surface area contributed by atoms with E-state index in [0.29, 0.717) is 76.4 Å². The Labute approximate surface area is 765 Å². The third kappa shape index (κ3) is 23.2. The fraction of sp³-hybridized carbons (Fsp3) is 0.394. The lowest BCUT2D eigenvalue weighted by Crippen LogP contribution is -2.27. The number of likely N-dealkylation sites (N-methyl/N-ethyl adjacent to an activating group) is 4. The highest BCUT2D eigenvalue weighted by Crippen LogP contribution is 2.40. The van der Waals surface area contributed by atoms with Crippen LogP contribution in [0.25, 0.3) is 45.0 Å². The predicted molar refractivity (Wildman–Crippen MR) is 509 cm³/mol. The first-order valence-corrected chi connectivity index (χ1v) is 45.0. The smallest absolute Gasteiger partial charge is 0.258 e. The van der Waals surface area contributed by atoms with E-state index in [-0.39, 0.29) is 73.9 Å². The summed E-state index contributed by atoms with van der Waals surface area (Å²) in [5.41, 5.74) is 74.3. The number of nitrogens with two attached hydrogens (primary N) is 8. The van der Waals surface area contributed by atoms with Gasteiger partial charge in [-0.25, -0.2) is 59.8 Å². The number of nitrogens with zero attached hydrogens (tertiary/aromatic N) is 16. The number of hydrogen-bond acceptors (Lipinski definition) is 32. The molecular formula is C99H120N24O8. The molecule has 0 spiro atoms. The molecule has 0 atom stereocenters. The lowest BCUT2D eigenvalue weighted by molar-refractivity contribution is 0.200. The van der Waals surface area contributed by atoms with Crippen LogP contribution in [0.15, 0.2) is 122 Å². The summed E-state index contributed by atoms with van der Waals surface area (Å²) in [6.45, 7) is 22.1. The van der Waals surface area contributed by atoms with Crippen LogP contribution < -0.4 is 83.8 Å². The molecule has 0 radical (unpaired) electrons. The molecule has 131 heavy (non-hydrogen) atoms. The van der Waals surface area contributed by atoms with Crippen LogP contribution in [-0.2, 0) is 78.3 Å². The number of aryl methyl sites for hydroxylation is 4. The van der Waals surface area contributed by atoms with Crippen molar-refractivity contribution in [2.75, 3.05) is 107 Å². The number of pyridine rings is 4. The van der Waals surface area contributed by atoms with Crippen LogP contribution >= 0.6 is 0 Å². The second-order valence-corrected chi connectivity index (χ2v) is 35.7. The van der Waals surface area contributed by atoms with Gasteiger partial charge in [0.1, 0.15) is 72.7 Å². The van der Waals surface area contributed by atoms with E-state index in [0.717, 1.165) is 171 Å². The first-order chi connectivity index (χ1) is 63.2. The maximum absolute atomic E-state index is 6.18. The van der Waals surface area contributed by atoms with Crippen molar-refractivity contribution >= 4 is 46.5 Å². The standard InChI is InChI=1S/C26H32N6O2.C25H30N6O2.C24H28N6O2.C24H30N6O2/c1-16-9-17(10-18-14-32(2)8-7-21(16)18)22-12-30-25(28)26(31-22)33-15-19-11-24(27)29-13-23(19)34-20-5-3-4-6-20;1-15-7-17(8-18-12-31(2)6-5-20(15)18)21-10-29-24(27)25(30-21)33-14-19-9-23(26)28-11-22(19)32-13-16-3-4-16;1-14-7-15(8-16-12-30(2)6-5-19(14)16)20-10-28-23(26)24(29-20)31-13-17-9-22(25)27-11-21(17)32-18-3-4-18;1-14(2)32-21-11-27-22(25)9-18(21)13-31-24-23(26)28-10-20(29-24)16-7-15(3)19-5-6-30(4)12-17(19)8-16/h9-13,20H,3-8,14-15H2,1-2H3,(H2,27,29)(H2,28,30);7-11,16H,3-6,12-14H2,1-2H3,(H2,26,28)(H2,27,29);7-11,18H,3-6,12-13H2,1-2H3,(H2,25,27)(H2,26,28);7-11,14H,5-6,12-13H2,1-4H3,(H2,25,27)(H2,26,28). The van der Waals surface area contributed by atoms with Crippen molar-refractivity contribution in [3.63, 3.8) is 0 Å². The molecule has 8 aromatic heterocycles. The number of ether oxygens (including phenoxy) is 8. The van der Waals surface area contributed by atoms with Crippen molar-refractivity contribution in [3.05, 3.63) is 211 Å². The molecule has 32 heteroatoms. The maximum atomic E-state index is 6.18. The van der Waals surface area contributed by atoms with E-state index in [1.165, 1.54) is 92.4 Å². The van der Waals surface area contributed by atoms with Gasteiger partial charge >= 0.3 is 0 Å². The van der Waals surface area contributed by atoms with Crippen LogP contribution in [0.5, 0.6) is 46.5 Å². The first-order valence-electron chi connectivity index (χ1n) is 45.0. The summed E-state index contributed by atoms with van der Waals surface area (Å²) >= 11 is 0. The third-order valence-electron chi connectivity index (χ3n) is 24.5. The molecule has 32 nitrogen and oxygen atoms in total. The topological polar surface area (TPSA) is 450 Å². The normalized spacial score (nSPS) is 15.5. The van der Waals surface area contributed by atoms with Crippen LogP contribution in [0, 0.1) is 33.6 Å². The van der Waals surface area contributed by atoms with Gasteiger partial charge < -0.3 is 103 Å². The summed E-state index contributed by atoms with van der Waals surface area (Å²) < 4.78 is 47.8. The number of rotatable bonds is 25.